The molecule has 2 aromatic carbocycles. The van der Waals surface area contributed by atoms with Crippen molar-refractivity contribution in [1.82, 2.24) is 4.90 Å². The number of sulfone groups is 1. The molecule has 0 bridgehead atoms. The van der Waals surface area contributed by atoms with Gasteiger partial charge in [-0.15, -0.1) is 0 Å². The van der Waals surface area contributed by atoms with Crippen molar-refractivity contribution in [2.75, 3.05) is 24.7 Å². The molecule has 0 aliphatic carbocycles. The number of ether oxygens (including phenoxy) is 1. The van der Waals surface area contributed by atoms with Gasteiger partial charge in [-0.1, -0.05) is 45.8 Å². The molecule has 5 nitrogen and oxygen atoms in total. The van der Waals surface area contributed by atoms with E-state index in [0.29, 0.717) is 19.5 Å². The van der Waals surface area contributed by atoms with Crippen molar-refractivity contribution in [3.8, 4) is 5.75 Å². The van der Waals surface area contributed by atoms with Gasteiger partial charge in [0.25, 0.3) is 0 Å². The van der Waals surface area contributed by atoms with Gasteiger partial charge in [-0.3, -0.25) is 4.90 Å². The second kappa shape index (κ2) is 9.60. The molecule has 0 spiro atoms. The summed E-state index contributed by atoms with van der Waals surface area (Å²) in [5.41, 5.74) is 3.27. The maximum atomic E-state index is 12.0. The van der Waals surface area contributed by atoms with Gasteiger partial charge in [-0.05, 0) is 49.6 Å². The average Bonchev–Trinajstić information content (AvgIpc) is 3.00. The van der Waals surface area contributed by atoms with Crippen LogP contribution < -0.4 is 4.74 Å². The van der Waals surface area contributed by atoms with Crippen LogP contribution in [0.3, 0.4) is 0 Å². The Labute approximate surface area is 181 Å². The molecule has 2 atom stereocenters. The molecule has 0 radical (unpaired) electrons. The lowest BCUT2D eigenvalue weighted by atomic mass is 10.1. The Morgan fingerprint density at radius 2 is 2.03 bits per heavy atom. The van der Waals surface area contributed by atoms with Crippen LogP contribution in [0.1, 0.15) is 23.1 Å². The lowest BCUT2D eigenvalue weighted by Gasteiger charge is -2.30. The van der Waals surface area contributed by atoms with E-state index in [0.717, 1.165) is 26.9 Å². The zero-order chi connectivity index (χ0) is 21.0. The Morgan fingerprint density at radius 1 is 1.24 bits per heavy atom. The van der Waals surface area contributed by atoms with Crippen molar-refractivity contribution in [1.29, 1.82) is 0 Å². The zero-order valence-corrected chi connectivity index (χ0v) is 19.2. The number of aryl methyl sites for hydroxylation is 2. The van der Waals surface area contributed by atoms with Crippen LogP contribution >= 0.6 is 15.9 Å². The number of benzene rings is 2. The molecular weight excluding hydrogens is 454 g/mol. The summed E-state index contributed by atoms with van der Waals surface area (Å²) in [7, 11) is -3.01. The second-order valence-corrected chi connectivity index (χ2v) is 11.0. The first-order valence-electron chi connectivity index (χ1n) is 9.79. The van der Waals surface area contributed by atoms with Gasteiger partial charge in [0.05, 0.1) is 11.5 Å². The van der Waals surface area contributed by atoms with E-state index in [4.69, 9.17) is 4.74 Å². The molecule has 3 rings (SSSR count). The summed E-state index contributed by atoms with van der Waals surface area (Å²) in [4.78, 5) is 2.07. The molecule has 2 unspecified atom stereocenters. The highest BCUT2D eigenvalue weighted by Gasteiger charge is 2.33. The van der Waals surface area contributed by atoms with Crippen molar-refractivity contribution in [2.24, 2.45) is 0 Å². The molecule has 1 aliphatic heterocycles. The monoisotopic (exact) mass is 481 g/mol. The van der Waals surface area contributed by atoms with Gasteiger partial charge >= 0.3 is 0 Å². The molecule has 1 fully saturated rings. The van der Waals surface area contributed by atoms with Crippen molar-refractivity contribution >= 4 is 25.8 Å². The molecule has 2 aromatic rings. The van der Waals surface area contributed by atoms with Crippen molar-refractivity contribution < 1.29 is 18.3 Å². The van der Waals surface area contributed by atoms with E-state index in [1.54, 1.807) is 0 Å². The van der Waals surface area contributed by atoms with E-state index < -0.39 is 15.9 Å². The van der Waals surface area contributed by atoms with Gasteiger partial charge in [-0.25, -0.2) is 8.42 Å². The zero-order valence-electron chi connectivity index (χ0n) is 16.8. The highest BCUT2D eigenvalue weighted by Crippen LogP contribution is 2.23. The summed E-state index contributed by atoms with van der Waals surface area (Å²) in [6, 6.07) is 13.8. The van der Waals surface area contributed by atoms with E-state index in [1.807, 2.05) is 56.3 Å². The second-order valence-electron chi connectivity index (χ2n) is 7.85. The minimum absolute atomic E-state index is 0.0882. The fourth-order valence-electron chi connectivity index (χ4n) is 3.75. The Kier molecular flexibility index (Phi) is 7.37. The van der Waals surface area contributed by atoms with Crippen molar-refractivity contribution in [2.45, 2.75) is 39.0 Å². The standard InChI is InChI=1S/C22H28BrNO4S/c1-16-6-7-22(17(2)10-16)28-14-21(25)13-24(20-8-9-29(26,27)15-20)12-18-4-3-5-19(23)11-18/h3-7,10-11,20-21,25H,8-9,12-15H2,1-2H3. The summed E-state index contributed by atoms with van der Waals surface area (Å²) < 4.78 is 30.8. The molecule has 0 amide bonds. The predicted octanol–water partition coefficient (Wildman–Crippen LogP) is 3.49. The SMILES string of the molecule is Cc1ccc(OCC(O)CN(Cc2cccc(Br)c2)C2CCS(=O)(=O)C2)c(C)c1. The van der Waals surface area contributed by atoms with Crippen LogP contribution in [0.5, 0.6) is 5.75 Å². The van der Waals surface area contributed by atoms with Gasteiger partial charge in [0, 0.05) is 23.6 Å². The topological polar surface area (TPSA) is 66.8 Å². The van der Waals surface area contributed by atoms with E-state index in [-0.39, 0.29) is 24.2 Å². The minimum Gasteiger partial charge on any atom is -0.491 e. The molecule has 158 valence electrons. The Hall–Kier alpha value is -1.41. The average molecular weight is 482 g/mol. The lowest BCUT2D eigenvalue weighted by molar-refractivity contribution is 0.0523. The first-order valence-corrected chi connectivity index (χ1v) is 12.4. The number of hydrogen-bond donors (Lipinski definition) is 1. The van der Waals surface area contributed by atoms with Crippen molar-refractivity contribution in [3.05, 3.63) is 63.6 Å². The minimum atomic E-state index is -3.01. The fraction of sp³-hybridized carbons (Fsp3) is 0.455. The largest absolute Gasteiger partial charge is 0.491 e. The molecule has 1 N–H and O–H groups in total. The van der Waals surface area contributed by atoms with Crippen LogP contribution in [0.15, 0.2) is 46.9 Å². The number of rotatable bonds is 8. The third-order valence-corrected chi connectivity index (χ3v) is 7.45. The summed E-state index contributed by atoms with van der Waals surface area (Å²) in [5, 5.41) is 10.6. The van der Waals surface area contributed by atoms with Gasteiger partial charge in [0.2, 0.25) is 0 Å². The Balaban J connectivity index is 1.66. The van der Waals surface area contributed by atoms with Crippen LogP contribution in [0.25, 0.3) is 0 Å². The third kappa shape index (κ3) is 6.54. The summed E-state index contributed by atoms with van der Waals surface area (Å²) >= 11 is 3.48. The Morgan fingerprint density at radius 3 is 2.69 bits per heavy atom. The predicted molar refractivity (Wildman–Crippen MR) is 119 cm³/mol. The van der Waals surface area contributed by atoms with E-state index in [1.165, 1.54) is 0 Å². The fourth-order valence-corrected chi connectivity index (χ4v) is 5.95. The molecule has 0 aromatic heterocycles. The van der Waals surface area contributed by atoms with Crippen LogP contribution in [0.4, 0.5) is 0 Å². The lowest BCUT2D eigenvalue weighted by Crippen LogP contribution is -2.42. The highest BCUT2D eigenvalue weighted by molar-refractivity contribution is 9.10. The molecule has 0 saturated carbocycles. The number of nitrogens with zero attached hydrogens (tertiary/aromatic N) is 1. The highest BCUT2D eigenvalue weighted by atomic mass is 79.9. The molecule has 29 heavy (non-hydrogen) atoms. The van der Waals surface area contributed by atoms with Gasteiger partial charge < -0.3 is 9.84 Å². The van der Waals surface area contributed by atoms with Gasteiger partial charge in [0.15, 0.2) is 9.84 Å². The van der Waals surface area contributed by atoms with E-state index in [9.17, 15) is 13.5 Å². The number of hydrogen-bond acceptors (Lipinski definition) is 5. The quantitative estimate of drug-likeness (QED) is 0.624. The first-order chi connectivity index (χ1) is 13.7. The molecule has 7 heteroatoms. The van der Waals surface area contributed by atoms with E-state index in [2.05, 4.69) is 20.8 Å². The third-order valence-electron chi connectivity index (χ3n) is 5.21. The number of halogens is 1. The van der Waals surface area contributed by atoms with Gasteiger partial charge in [0.1, 0.15) is 18.5 Å². The summed E-state index contributed by atoms with van der Waals surface area (Å²) in [6.45, 7) is 5.12. The number of aliphatic hydroxyl groups excluding tert-OH is 1. The summed E-state index contributed by atoms with van der Waals surface area (Å²) in [6.07, 6.45) is -0.118. The van der Waals surface area contributed by atoms with Crippen LogP contribution in [-0.4, -0.2) is 55.2 Å². The van der Waals surface area contributed by atoms with Gasteiger partial charge in [-0.2, -0.15) is 0 Å². The molecular formula is C22H28BrNO4S. The number of aliphatic hydroxyl groups is 1. The summed E-state index contributed by atoms with van der Waals surface area (Å²) in [5.74, 6) is 1.12. The maximum Gasteiger partial charge on any atom is 0.151 e. The maximum absolute atomic E-state index is 12.0. The molecule has 1 saturated heterocycles. The van der Waals surface area contributed by atoms with Crippen LogP contribution in [-0.2, 0) is 16.4 Å². The first kappa shape index (κ1) is 22.3. The van der Waals surface area contributed by atoms with Crippen molar-refractivity contribution in [3.63, 3.8) is 0 Å². The van der Waals surface area contributed by atoms with Crippen LogP contribution in [0.2, 0.25) is 0 Å². The smallest absolute Gasteiger partial charge is 0.151 e. The molecule has 1 heterocycles. The van der Waals surface area contributed by atoms with E-state index >= 15 is 0 Å². The normalized spacial score (nSPS) is 19.4. The molecule has 1 aliphatic rings. The van der Waals surface area contributed by atoms with Crippen LogP contribution in [0, 0.1) is 13.8 Å². The Bertz CT molecular complexity index is 948.